The van der Waals surface area contributed by atoms with Crippen molar-refractivity contribution in [3.63, 3.8) is 0 Å². The van der Waals surface area contributed by atoms with E-state index in [-0.39, 0.29) is 28.1 Å². The number of terminal acetylenes is 1. The van der Waals surface area contributed by atoms with Crippen molar-refractivity contribution in [2.24, 2.45) is 0 Å². The predicted octanol–water partition coefficient (Wildman–Crippen LogP) is 3.08. The molecular weight excluding hydrogens is 325 g/mol. The van der Waals surface area contributed by atoms with Crippen molar-refractivity contribution in [3.8, 4) is 12.3 Å². The summed E-state index contributed by atoms with van der Waals surface area (Å²) in [6, 6.07) is 5.67. The first-order chi connectivity index (χ1) is 10.9. The van der Waals surface area contributed by atoms with E-state index >= 15 is 0 Å². The number of thioether (sulfide) groups is 1. The molecule has 3 nitrogen and oxygen atoms in total. The minimum absolute atomic E-state index is 0.0205. The molecule has 0 spiro atoms. The Bertz CT molecular complexity index is 598. The molecule has 7 heteroatoms. The lowest BCUT2D eigenvalue weighted by Gasteiger charge is -2.21. The topological polar surface area (TPSA) is 23.6 Å². The molecule has 124 valence electrons. The Balaban J connectivity index is 2.05. The summed E-state index contributed by atoms with van der Waals surface area (Å²) in [5.41, 5.74) is -4.08. The Kier molecular flexibility index (Phi) is 5.97. The highest BCUT2D eigenvalue weighted by atomic mass is 32.2. The van der Waals surface area contributed by atoms with Gasteiger partial charge in [0.25, 0.3) is 5.91 Å². The summed E-state index contributed by atoms with van der Waals surface area (Å²) in [5, 5.41) is 0. The van der Waals surface area contributed by atoms with Crippen LogP contribution < -0.4 is 0 Å². The Labute approximate surface area is 137 Å². The zero-order chi connectivity index (χ0) is 16.9. The maximum atomic E-state index is 12.5. The van der Waals surface area contributed by atoms with Crippen LogP contribution in [0.2, 0.25) is 0 Å². The molecule has 0 N–H and O–H groups in total. The van der Waals surface area contributed by atoms with Gasteiger partial charge < -0.3 is 4.90 Å². The molecule has 0 aromatic heterocycles. The predicted molar refractivity (Wildman–Crippen MR) is 84.1 cm³/mol. The van der Waals surface area contributed by atoms with E-state index in [4.69, 9.17) is 6.42 Å². The molecule has 1 aromatic carbocycles. The number of benzene rings is 1. The van der Waals surface area contributed by atoms with Gasteiger partial charge in [0.15, 0.2) is 0 Å². The minimum atomic E-state index is -4.36. The van der Waals surface area contributed by atoms with Crippen LogP contribution in [0.15, 0.2) is 29.2 Å². The highest BCUT2D eigenvalue weighted by molar-refractivity contribution is 8.00. The molecule has 23 heavy (non-hydrogen) atoms. The van der Waals surface area contributed by atoms with Crippen LogP contribution in [-0.4, -0.2) is 53.9 Å². The van der Waals surface area contributed by atoms with Crippen LogP contribution >= 0.6 is 11.8 Å². The third-order valence-corrected chi connectivity index (χ3v) is 4.23. The van der Waals surface area contributed by atoms with E-state index in [2.05, 4.69) is 10.8 Å². The van der Waals surface area contributed by atoms with Gasteiger partial charge in [-0.05, 0) is 36.4 Å². The number of rotatable bonds is 3. The summed E-state index contributed by atoms with van der Waals surface area (Å²) in [6.07, 6.45) is 6.09. The molecule has 1 aromatic rings. The lowest BCUT2D eigenvalue weighted by molar-refractivity contribution is -0.0328. The second kappa shape index (κ2) is 7.75. The summed E-state index contributed by atoms with van der Waals surface area (Å²) < 4.78 is 37.3. The SMILES string of the molecule is C#CCN1CCCN(C(=O)c2cccc(SC(F)(F)F)c2)CC1. The standard InChI is InChI=1S/C16H17F3N2OS/c1-2-7-20-8-4-9-21(11-10-20)15(22)13-5-3-6-14(12-13)23-16(17,18)19/h1,3,5-6,12H,4,7-11H2. The van der Waals surface area contributed by atoms with Crippen LogP contribution in [0.3, 0.4) is 0 Å². The molecule has 0 unspecified atom stereocenters. The third kappa shape index (κ3) is 5.48. The molecule has 0 aliphatic carbocycles. The van der Waals surface area contributed by atoms with Crippen LogP contribution in [0.4, 0.5) is 13.2 Å². The zero-order valence-corrected chi connectivity index (χ0v) is 13.3. The average Bonchev–Trinajstić information content (AvgIpc) is 2.71. The van der Waals surface area contributed by atoms with Gasteiger partial charge in [-0.3, -0.25) is 9.69 Å². The summed E-state index contributed by atoms with van der Waals surface area (Å²) in [6.45, 7) is 3.14. The van der Waals surface area contributed by atoms with Crippen molar-refractivity contribution in [2.75, 3.05) is 32.7 Å². The highest BCUT2D eigenvalue weighted by Gasteiger charge is 2.29. The molecule has 2 rings (SSSR count). The molecule has 0 saturated carbocycles. The summed E-state index contributed by atoms with van der Waals surface area (Å²) in [7, 11) is 0. The number of nitrogens with zero attached hydrogens (tertiary/aromatic N) is 2. The number of hydrogen-bond donors (Lipinski definition) is 0. The van der Waals surface area contributed by atoms with Gasteiger partial charge in [-0.1, -0.05) is 12.0 Å². The number of carbonyl (C=O) groups is 1. The Morgan fingerprint density at radius 2 is 2.04 bits per heavy atom. The number of hydrogen-bond acceptors (Lipinski definition) is 3. The van der Waals surface area contributed by atoms with Crippen LogP contribution in [0.25, 0.3) is 0 Å². The zero-order valence-electron chi connectivity index (χ0n) is 12.5. The number of alkyl halides is 3. The molecule has 1 aliphatic rings. The van der Waals surface area contributed by atoms with Crippen LogP contribution in [-0.2, 0) is 0 Å². The molecule has 0 radical (unpaired) electrons. The van der Waals surface area contributed by atoms with Crippen LogP contribution in [0.1, 0.15) is 16.8 Å². The van der Waals surface area contributed by atoms with E-state index in [1.165, 1.54) is 18.2 Å². The Morgan fingerprint density at radius 3 is 2.74 bits per heavy atom. The van der Waals surface area contributed by atoms with Crippen LogP contribution in [0, 0.1) is 12.3 Å². The summed E-state index contributed by atoms with van der Waals surface area (Å²) in [5.74, 6) is 2.34. The molecule has 1 aliphatic heterocycles. The molecule has 1 heterocycles. The number of halogens is 3. The fourth-order valence-electron chi connectivity index (χ4n) is 2.47. The molecular formula is C16H17F3N2OS. The van der Waals surface area contributed by atoms with Gasteiger partial charge in [-0.2, -0.15) is 13.2 Å². The largest absolute Gasteiger partial charge is 0.446 e. The van der Waals surface area contributed by atoms with Crippen molar-refractivity contribution in [2.45, 2.75) is 16.8 Å². The maximum Gasteiger partial charge on any atom is 0.446 e. The van der Waals surface area contributed by atoms with E-state index in [1.54, 1.807) is 11.0 Å². The van der Waals surface area contributed by atoms with Gasteiger partial charge in [0.2, 0.25) is 0 Å². The molecule has 0 bridgehead atoms. The van der Waals surface area contributed by atoms with Crippen molar-refractivity contribution in [1.82, 2.24) is 9.80 Å². The lowest BCUT2D eigenvalue weighted by Crippen LogP contribution is -2.35. The molecule has 1 amide bonds. The van der Waals surface area contributed by atoms with E-state index < -0.39 is 5.51 Å². The lowest BCUT2D eigenvalue weighted by atomic mass is 10.2. The second-order valence-electron chi connectivity index (χ2n) is 5.20. The molecule has 0 atom stereocenters. The summed E-state index contributed by atoms with van der Waals surface area (Å²) in [4.78, 5) is 16.3. The van der Waals surface area contributed by atoms with Gasteiger partial charge in [0.1, 0.15) is 0 Å². The number of amides is 1. The minimum Gasteiger partial charge on any atom is -0.337 e. The average molecular weight is 342 g/mol. The first-order valence-electron chi connectivity index (χ1n) is 7.20. The van der Waals surface area contributed by atoms with E-state index in [1.807, 2.05) is 0 Å². The molecule has 1 saturated heterocycles. The van der Waals surface area contributed by atoms with Gasteiger partial charge in [-0.15, -0.1) is 6.42 Å². The first-order valence-corrected chi connectivity index (χ1v) is 8.01. The Hall–Kier alpha value is -1.65. The maximum absolute atomic E-state index is 12.5. The van der Waals surface area contributed by atoms with Gasteiger partial charge in [0, 0.05) is 36.6 Å². The first kappa shape index (κ1) is 17.7. The van der Waals surface area contributed by atoms with Crippen LogP contribution in [0.5, 0.6) is 0 Å². The normalized spacial score (nSPS) is 16.7. The number of carbonyl (C=O) groups excluding carboxylic acids is 1. The third-order valence-electron chi connectivity index (χ3n) is 3.51. The fraction of sp³-hybridized carbons (Fsp3) is 0.438. The van der Waals surface area contributed by atoms with Crippen molar-refractivity contribution < 1.29 is 18.0 Å². The summed E-state index contributed by atoms with van der Waals surface area (Å²) >= 11 is -0.211. The van der Waals surface area contributed by atoms with Gasteiger partial charge >= 0.3 is 5.51 Å². The highest BCUT2D eigenvalue weighted by Crippen LogP contribution is 2.37. The van der Waals surface area contributed by atoms with Crippen molar-refractivity contribution in [1.29, 1.82) is 0 Å². The van der Waals surface area contributed by atoms with Crippen molar-refractivity contribution in [3.05, 3.63) is 29.8 Å². The van der Waals surface area contributed by atoms with E-state index in [0.717, 1.165) is 13.0 Å². The monoisotopic (exact) mass is 342 g/mol. The molecule has 1 fully saturated rings. The van der Waals surface area contributed by atoms with Crippen molar-refractivity contribution >= 4 is 17.7 Å². The fourth-order valence-corrected chi connectivity index (χ4v) is 3.07. The second-order valence-corrected chi connectivity index (χ2v) is 6.34. The van der Waals surface area contributed by atoms with Gasteiger partial charge in [0.05, 0.1) is 6.54 Å². The quantitative estimate of drug-likeness (QED) is 0.623. The Morgan fingerprint density at radius 1 is 1.26 bits per heavy atom. The van der Waals surface area contributed by atoms with E-state index in [9.17, 15) is 18.0 Å². The van der Waals surface area contributed by atoms with Gasteiger partial charge in [-0.25, -0.2) is 0 Å². The van der Waals surface area contributed by atoms with E-state index in [0.29, 0.717) is 26.2 Å². The smallest absolute Gasteiger partial charge is 0.337 e.